The summed E-state index contributed by atoms with van der Waals surface area (Å²) in [4.78, 5) is 10.4. The number of rotatable bonds is 21. The predicted octanol–water partition coefficient (Wildman–Crippen LogP) is 8.62. The van der Waals surface area contributed by atoms with Crippen molar-refractivity contribution in [1.82, 2.24) is 0 Å². The third-order valence-corrected chi connectivity index (χ3v) is 5.09. The number of aliphatic carboxylic acids is 1. The summed E-state index contributed by atoms with van der Waals surface area (Å²) in [6.45, 7) is 2.27. The second-order valence-corrected chi connectivity index (χ2v) is 7.85. The quantitative estimate of drug-likeness (QED) is 0.160. The zero-order chi connectivity index (χ0) is 19.8. The second kappa shape index (κ2) is 23.0. The highest BCUT2D eigenvalue weighted by atomic mass is 16.4. The molecule has 0 saturated carbocycles. The van der Waals surface area contributed by atoms with Crippen molar-refractivity contribution in [1.29, 1.82) is 0 Å². The smallest absolute Gasteiger partial charge is 0.303 e. The maximum atomic E-state index is 10.4. The number of carboxylic acids is 1. The van der Waals surface area contributed by atoms with Gasteiger partial charge >= 0.3 is 5.97 Å². The molecule has 0 aromatic rings. The Balaban J connectivity index is 3.16. The molecule has 0 amide bonds. The average molecular weight is 379 g/mol. The maximum Gasteiger partial charge on any atom is 0.303 e. The van der Waals surface area contributed by atoms with Gasteiger partial charge in [0.2, 0.25) is 0 Å². The van der Waals surface area contributed by atoms with E-state index in [0.29, 0.717) is 6.42 Å². The first-order valence-corrected chi connectivity index (χ1v) is 11.8. The van der Waals surface area contributed by atoms with E-state index < -0.39 is 5.97 Å². The molecular weight excluding hydrogens is 332 g/mol. The van der Waals surface area contributed by atoms with Gasteiger partial charge in [0.1, 0.15) is 0 Å². The van der Waals surface area contributed by atoms with E-state index in [4.69, 9.17) is 5.11 Å². The van der Waals surface area contributed by atoms with E-state index >= 15 is 0 Å². The lowest BCUT2D eigenvalue weighted by Crippen LogP contribution is -1.93. The van der Waals surface area contributed by atoms with Crippen molar-refractivity contribution in [3.63, 3.8) is 0 Å². The van der Waals surface area contributed by atoms with Crippen molar-refractivity contribution in [3.05, 3.63) is 24.3 Å². The summed E-state index contributed by atoms with van der Waals surface area (Å²) in [7, 11) is 0. The molecule has 0 spiro atoms. The van der Waals surface area contributed by atoms with Gasteiger partial charge in [-0.1, -0.05) is 108 Å². The SMILES string of the molecule is CCCCCCCCC=CCC=CCCCCCCCCCCCC(=O)O. The largest absolute Gasteiger partial charge is 0.481 e. The molecule has 2 heteroatoms. The molecule has 0 atom stereocenters. The van der Waals surface area contributed by atoms with Gasteiger partial charge in [-0.05, 0) is 38.5 Å². The molecule has 0 aliphatic rings. The maximum absolute atomic E-state index is 10.4. The molecule has 0 aliphatic carbocycles. The number of hydrogen-bond acceptors (Lipinski definition) is 1. The normalized spacial score (nSPS) is 11.7. The van der Waals surface area contributed by atoms with Gasteiger partial charge in [-0.15, -0.1) is 0 Å². The Kier molecular flexibility index (Phi) is 22.1. The minimum atomic E-state index is -0.659. The molecule has 27 heavy (non-hydrogen) atoms. The van der Waals surface area contributed by atoms with Crippen LogP contribution in [0.5, 0.6) is 0 Å². The highest BCUT2D eigenvalue weighted by molar-refractivity contribution is 5.66. The number of carbonyl (C=O) groups is 1. The predicted molar refractivity (Wildman–Crippen MR) is 119 cm³/mol. The highest BCUT2D eigenvalue weighted by Crippen LogP contribution is 2.12. The molecule has 0 aliphatic heterocycles. The summed E-state index contributed by atoms with van der Waals surface area (Å²) in [6, 6.07) is 0. The van der Waals surface area contributed by atoms with Crippen LogP contribution in [0.25, 0.3) is 0 Å². The summed E-state index contributed by atoms with van der Waals surface area (Å²) >= 11 is 0. The van der Waals surface area contributed by atoms with Gasteiger partial charge in [-0.2, -0.15) is 0 Å². The number of unbranched alkanes of at least 4 members (excludes halogenated alkanes) is 15. The fraction of sp³-hybridized carbons (Fsp3) is 0.800. The van der Waals surface area contributed by atoms with E-state index in [1.165, 1.54) is 96.3 Å². The van der Waals surface area contributed by atoms with Gasteiger partial charge in [-0.25, -0.2) is 0 Å². The van der Waals surface area contributed by atoms with Crippen molar-refractivity contribution in [2.45, 2.75) is 129 Å². The van der Waals surface area contributed by atoms with Crippen LogP contribution < -0.4 is 0 Å². The molecule has 2 nitrogen and oxygen atoms in total. The second-order valence-electron chi connectivity index (χ2n) is 7.85. The van der Waals surface area contributed by atoms with Crippen molar-refractivity contribution in [3.8, 4) is 0 Å². The van der Waals surface area contributed by atoms with E-state index in [9.17, 15) is 4.79 Å². The van der Waals surface area contributed by atoms with Crippen LogP contribution in [0.4, 0.5) is 0 Å². The Morgan fingerprint density at radius 3 is 1.44 bits per heavy atom. The zero-order valence-electron chi connectivity index (χ0n) is 18.1. The molecule has 0 bridgehead atoms. The minimum Gasteiger partial charge on any atom is -0.481 e. The van der Waals surface area contributed by atoms with Crippen LogP contribution >= 0.6 is 0 Å². The van der Waals surface area contributed by atoms with Crippen LogP contribution in [0.1, 0.15) is 129 Å². The third kappa shape index (κ3) is 24.9. The summed E-state index contributed by atoms with van der Waals surface area (Å²) in [5.74, 6) is -0.659. The first kappa shape index (κ1) is 26.0. The molecule has 0 aromatic carbocycles. The molecule has 0 heterocycles. The fourth-order valence-corrected chi connectivity index (χ4v) is 3.33. The standard InChI is InChI=1S/C25H46O2/c1-2-3-4-5-6-7-8-9-10-11-12-13-14-15-16-17-18-19-20-21-22-23-24-25(26)27/h9-10,12-13H,2-8,11,14-24H2,1H3,(H,26,27). The number of hydrogen-bond donors (Lipinski definition) is 1. The summed E-state index contributed by atoms with van der Waals surface area (Å²) in [5, 5.41) is 8.57. The van der Waals surface area contributed by atoms with Crippen molar-refractivity contribution in [2.75, 3.05) is 0 Å². The summed E-state index contributed by atoms with van der Waals surface area (Å²) in [6.07, 6.45) is 32.6. The van der Waals surface area contributed by atoms with Gasteiger partial charge in [0.05, 0.1) is 0 Å². The van der Waals surface area contributed by atoms with E-state index in [1.54, 1.807) is 0 Å². The lowest BCUT2D eigenvalue weighted by Gasteiger charge is -2.01. The molecule has 1 N–H and O–H groups in total. The van der Waals surface area contributed by atoms with Crippen LogP contribution in [0, 0.1) is 0 Å². The number of allylic oxidation sites excluding steroid dienone is 4. The Morgan fingerprint density at radius 2 is 1.00 bits per heavy atom. The lowest BCUT2D eigenvalue weighted by molar-refractivity contribution is -0.137. The molecule has 0 radical (unpaired) electrons. The molecular formula is C25H46O2. The van der Waals surface area contributed by atoms with Gasteiger partial charge in [0.15, 0.2) is 0 Å². The minimum absolute atomic E-state index is 0.336. The van der Waals surface area contributed by atoms with Gasteiger partial charge < -0.3 is 5.11 Å². The van der Waals surface area contributed by atoms with Crippen LogP contribution in [0.15, 0.2) is 24.3 Å². The Labute approximate surface area is 169 Å². The molecule has 0 aromatic heterocycles. The molecule has 0 unspecified atom stereocenters. The van der Waals surface area contributed by atoms with Crippen LogP contribution in [-0.4, -0.2) is 11.1 Å². The molecule has 0 rings (SSSR count). The first-order chi connectivity index (χ1) is 13.3. The van der Waals surface area contributed by atoms with Gasteiger partial charge in [-0.3, -0.25) is 4.79 Å². The Bertz CT molecular complexity index is 357. The van der Waals surface area contributed by atoms with Crippen molar-refractivity contribution < 1.29 is 9.90 Å². The average Bonchev–Trinajstić information content (AvgIpc) is 2.65. The number of carboxylic acid groups (broad SMARTS) is 1. The van der Waals surface area contributed by atoms with Gasteiger partial charge in [0, 0.05) is 6.42 Å². The molecule has 158 valence electrons. The van der Waals surface area contributed by atoms with Gasteiger partial charge in [0.25, 0.3) is 0 Å². The Morgan fingerprint density at radius 1 is 0.593 bits per heavy atom. The Hall–Kier alpha value is -1.05. The van der Waals surface area contributed by atoms with E-state index in [1.807, 2.05) is 0 Å². The van der Waals surface area contributed by atoms with Crippen LogP contribution in [-0.2, 0) is 4.79 Å². The molecule has 0 fully saturated rings. The van der Waals surface area contributed by atoms with E-state index in [2.05, 4.69) is 31.2 Å². The lowest BCUT2D eigenvalue weighted by atomic mass is 10.1. The third-order valence-electron chi connectivity index (χ3n) is 5.09. The summed E-state index contributed by atoms with van der Waals surface area (Å²) in [5.41, 5.74) is 0. The van der Waals surface area contributed by atoms with E-state index in [-0.39, 0.29) is 0 Å². The van der Waals surface area contributed by atoms with Crippen molar-refractivity contribution >= 4 is 5.97 Å². The van der Waals surface area contributed by atoms with E-state index in [0.717, 1.165) is 19.3 Å². The zero-order valence-corrected chi connectivity index (χ0v) is 18.1. The summed E-state index contributed by atoms with van der Waals surface area (Å²) < 4.78 is 0. The fourth-order valence-electron chi connectivity index (χ4n) is 3.33. The topological polar surface area (TPSA) is 37.3 Å². The van der Waals surface area contributed by atoms with Crippen molar-refractivity contribution in [2.24, 2.45) is 0 Å². The van der Waals surface area contributed by atoms with Crippen LogP contribution in [0.2, 0.25) is 0 Å². The highest BCUT2D eigenvalue weighted by Gasteiger charge is 1.96. The molecule has 0 saturated heterocycles. The monoisotopic (exact) mass is 378 g/mol. The van der Waals surface area contributed by atoms with Crippen LogP contribution in [0.3, 0.4) is 0 Å². The first-order valence-electron chi connectivity index (χ1n) is 11.8.